The SMILES string of the molecule is CC(=O)NC[C@H]1C[C@H](n2cc(-c3cccc(OCc4ccccc4Cl)c3)c3c(N)ncnc32)C1. The van der Waals surface area contributed by atoms with Crippen molar-refractivity contribution >= 4 is 34.4 Å². The van der Waals surface area contributed by atoms with Crippen LogP contribution >= 0.6 is 11.6 Å². The summed E-state index contributed by atoms with van der Waals surface area (Å²) in [4.78, 5) is 20.0. The summed E-state index contributed by atoms with van der Waals surface area (Å²) < 4.78 is 8.23. The summed E-state index contributed by atoms with van der Waals surface area (Å²) in [5, 5.41) is 4.44. The van der Waals surface area contributed by atoms with Crippen molar-refractivity contribution in [1.29, 1.82) is 0 Å². The molecule has 0 saturated heterocycles. The Kier molecular flexibility index (Phi) is 6.11. The summed E-state index contributed by atoms with van der Waals surface area (Å²) in [6.45, 7) is 2.64. The van der Waals surface area contributed by atoms with E-state index < -0.39 is 0 Å². The predicted octanol–water partition coefficient (Wildman–Crippen LogP) is 5.00. The minimum Gasteiger partial charge on any atom is -0.489 e. The summed E-state index contributed by atoms with van der Waals surface area (Å²) in [6.07, 6.45) is 5.58. The van der Waals surface area contributed by atoms with Gasteiger partial charge in [-0.15, -0.1) is 0 Å². The van der Waals surface area contributed by atoms with Crippen LogP contribution in [-0.2, 0) is 11.4 Å². The Hall–Kier alpha value is -3.58. The van der Waals surface area contributed by atoms with E-state index in [2.05, 4.69) is 26.0 Å². The normalized spacial score (nSPS) is 17.4. The van der Waals surface area contributed by atoms with Gasteiger partial charge in [0.1, 0.15) is 30.1 Å². The van der Waals surface area contributed by atoms with Gasteiger partial charge < -0.3 is 20.4 Å². The van der Waals surface area contributed by atoms with Gasteiger partial charge in [-0.2, -0.15) is 0 Å². The van der Waals surface area contributed by atoms with Crippen LogP contribution < -0.4 is 15.8 Å². The number of fused-ring (bicyclic) bond motifs is 1. The highest BCUT2D eigenvalue weighted by Crippen LogP contribution is 2.43. The first-order valence-corrected chi connectivity index (χ1v) is 11.7. The molecule has 1 saturated carbocycles. The molecule has 0 spiro atoms. The van der Waals surface area contributed by atoms with Crippen molar-refractivity contribution in [3.05, 3.63) is 71.6 Å². The van der Waals surface area contributed by atoms with Crippen molar-refractivity contribution in [2.75, 3.05) is 12.3 Å². The van der Waals surface area contributed by atoms with Crippen LogP contribution in [0.25, 0.3) is 22.2 Å². The Morgan fingerprint density at radius 3 is 2.82 bits per heavy atom. The lowest BCUT2D eigenvalue weighted by molar-refractivity contribution is -0.119. The lowest BCUT2D eigenvalue weighted by atomic mass is 9.80. The van der Waals surface area contributed by atoms with Gasteiger partial charge in [-0.05, 0) is 42.5 Å². The van der Waals surface area contributed by atoms with Crippen LogP contribution in [0, 0.1) is 5.92 Å². The summed E-state index contributed by atoms with van der Waals surface area (Å²) in [5.74, 6) is 1.67. The predicted molar refractivity (Wildman–Crippen MR) is 134 cm³/mol. The number of ether oxygens (including phenoxy) is 1. The first-order chi connectivity index (χ1) is 16.5. The maximum absolute atomic E-state index is 11.2. The second kappa shape index (κ2) is 9.35. The zero-order valence-corrected chi connectivity index (χ0v) is 19.6. The monoisotopic (exact) mass is 475 g/mol. The van der Waals surface area contributed by atoms with Crippen LogP contribution in [0.2, 0.25) is 5.02 Å². The molecular weight excluding hydrogens is 450 g/mol. The zero-order valence-electron chi connectivity index (χ0n) is 18.9. The summed E-state index contributed by atoms with van der Waals surface area (Å²) in [5.41, 5.74) is 10.0. The molecule has 5 rings (SSSR count). The number of anilines is 1. The second-order valence-electron chi connectivity index (χ2n) is 8.74. The Bertz CT molecular complexity index is 1350. The third-order valence-electron chi connectivity index (χ3n) is 6.38. The van der Waals surface area contributed by atoms with Crippen LogP contribution in [0.4, 0.5) is 5.82 Å². The molecule has 0 atom stereocenters. The molecule has 0 aliphatic heterocycles. The third-order valence-corrected chi connectivity index (χ3v) is 6.75. The number of hydrogen-bond donors (Lipinski definition) is 2. The van der Waals surface area contributed by atoms with Gasteiger partial charge in [0.15, 0.2) is 0 Å². The Morgan fingerprint density at radius 1 is 1.21 bits per heavy atom. The molecule has 2 aromatic heterocycles. The number of carbonyl (C=O) groups is 1. The molecule has 0 unspecified atom stereocenters. The largest absolute Gasteiger partial charge is 0.489 e. The van der Waals surface area contributed by atoms with E-state index in [-0.39, 0.29) is 5.91 Å². The Labute approximate surface area is 202 Å². The fourth-order valence-corrected chi connectivity index (χ4v) is 4.71. The number of hydrogen-bond acceptors (Lipinski definition) is 5. The van der Waals surface area contributed by atoms with Gasteiger partial charge >= 0.3 is 0 Å². The third kappa shape index (κ3) is 4.43. The summed E-state index contributed by atoms with van der Waals surface area (Å²) >= 11 is 6.27. The maximum atomic E-state index is 11.2. The molecule has 3 N–H and O–H groups in total. The van der Waals surface area contributed by atoms with E-state index >= 15 is 0 Å². The Morgan fingerprint density at radius 2 is 2.03 bits per heavy atom. The molecule has 34 heavy (non-hydrogen) atoms. The fourth-order valence-electron chi connectivity index (χ4n) is 4.52. The number of carbonyl (C=O) groups excluding carboxylic acids is 1. The molecule has 2 heterocycles. The van der Waals surface area contributed by atoms with E-state index in [9.17, 15) is 4.79 Å². The fraction of sp³-hybridized carbons (Fsp3) is 0.269. The molecule has 1 aliphatic carbocycles. The van der Waals surface area contributed by atoms with E-state index in [1.54, 1.807) is 6.92 Å². The van der Waals surface area contributed by atoms with Gasteiger partial charge in [-0.25, -0.2) is 9.97 Å². The number of nitrogens with two attached hydrogens (primary N) is 1. The number of nitrogen functional groups attached to an aromatic ring is 1. The van der Waals surface area contributed by atoms with Crippen LogP contribution in [0.3, 0.4) is 0 Å². The second-order valence-corrected chi connectivity index (χ2v) is 9.15. The lowest BCUT2D eigenvalue weighted by Crippen LogP contribution is -2.36. The molecule has 1 fully saturated rings. The van der Waals surface area contributed by atoms with Gasteiger partial charge in [-0.1, -0.05) is 41.9 Å². The van der Waals surface area contributed by atoms with Crippen molar-refractivity contribution in [3.8, 4) is 16.9 Å². The molecule has 0 bridgehead atoms. The minimum absolute atomic E-state index is 0.00861. The van der Waals surface area contributed by atoms with Crippen LogP contribution in [0.15, 0.2) is 61.1 Å². The van der Waals surface area contributed by atoms with Crippen molar-refractivity contribution in [2.45, 2.75) is 32.4 Å². The van der Waals surface area contributed by atoms with E-state index in [0.717, 1.165) is 46.3 Å². The van der Waals surface area contributed by atoms with E-state index in [1.165, 1.54) is 6.33 Å². The van der Waals surface area contributed by atoms with Gasteiger partial charge in [0.05, 0.1) is 5.39 Å². The maximum Gasteiger partial charge on any atom is 0.216 e. The summed E-state index contributed by atoms with van der Waals surface area (Å²) in [6, 6.07) is 15.9. The average molecular weight is 476 g/mol. The number of rotatable bonds is 7. The summed E-state index contributed by atoms with van der Waals surface area (Å²) in [7, 11) is 0. The molecule has 8 heteroatoms. The van der Waals surface area contributed by atoms with Gasteiger partial charge in [0.2, 0.25) is 5.91 Å². The molecular formula is C26H26ClN5O2. The van der Waals surface area contributed by atoms with E-state index in [0.29, 0.717) is 36.0 Å². The topological polar surface area (TPSA) is 95.1 Å². The highest BCUT2D eigenvalue weighted by Gasteiger charge is 2.32. The lowest BCUT2D eigenvalue weighted by Gasteiger charge is -2.36. The number of aromatic nitrogens is 3. The van der Waals surface area contributed by atoms with Crippen molar-refractivity contribution in [2.24, 2.45) is 5.92 Å². The molecule has 7 nitrogen and oxygen atoms in total. The first-order valence-electron chi connectivity index (χ1n) is 11.3. The van der Waals surface area contributed by atoms with Crippen LogP contribution in [-0.4, -0.2) is 27.0 Å². The van der Waals surface area contributed by atoms with Crippen molar-refractivity contribution in [1.82, 2.24) is 19.9 Å². The van der Waals surface area contributed by atoms with Crippen molar-refractivity contribution < 1.29 is 9.53 Å². The molecule has 4 aromatic rings. The number of amides is 1. The molecule has 2 aromatic carbocycles. The number of nitrogens with one attached hydrogen (secondary N) is 1. The number of halogens is 1. The zero-order chi connectivity index (χ0) is 23.7. The van der Waals surface area contributed by atoms with Gasteiger partial charge in [0, 0.05) is 41.9 Å². The molecule has 0 radical (unpaired) electrons. The average Bonchev–Trinajstić information content (AvgIpc) is 3.18. The quantitative estimate of drug-likeness (QED) is 0.392. The van der Waals surface area contributed by atoms with E-state index in [4.69, 9.17) is 22.1 Å². The number of benzene rings is 2. The van der Waals surface area contributed by atoms with E-state index in [1.807, 2.05) is 48.5 Å². The highest BCUT2D eigenvalue weighted by molar-refractivity contribution is 6.31. The number of nitrogens with zero attached hydrogens (tertiary/aromatic N) is 3. The minimum atomic E-state index is 0.00861. The highest BCUT2D eigenvalue weighted by atomic mass is 35.5. The smallest absolute Gasteiger partial charge is 0.216 e. The first kappa shape index (κ1) is 22.2. The molecule has 1 amide bonds. The Balaban J connectivity index is 1.41. The van der Waals surface area contributed by atoms with Gasteiger partial charge in [0.25, 0.3) is 0 Å². The van der Waals surface area contributed by atoms with Crippen molar-refractivity contribution in [3.63, 3.8) is 0 Å². The standard InChI is InChI=1S/C26H26ClN5O2/c1-16(33)29-12-17-9-20(10-17)32-13-22(24-25(28)30-15-31-26(24)32)18-6-4-7-21(11-18)34-14-19-5-2-3-8-23(19)27/h2-8,11,13,15,17,20H,9-10,12,14H2,1H3,(H,29,33)(H2,28,30,31)/t17-,20-. The molecule has 1 aliphatic rings. The van der Waals surface area contributed by atoms with Gasteiger partial charge in [-0.3, -0.25) is 4.79 Å². The molecule has 174 valence electrons. The van der Waals surface area contributed by atoms with Crippen LogP contribution in [0.1, 0.15) is 31.4 Å². The van der Waals surface area contributed by atoms with Crippen LogP contribution in [0.5, 0.6) is 5.75 Å².